The molecule has 4 rings (SSSR count). The van der Waals surface area contributed by atoms with Crippen molar-refractivity contribution in [3.63, 3.8) is 0 Å². The van der Waals surface area contributed by atoms with Crippen LogP contribution in [0.1, 0.15) is 171 Å². The van der Waals surface area contributed by atoms with Crippen molar-refractivity contribution in [2.45, 2.75) is 194 Å². The second-order valence-corrected chi connectivity index (χ2v) is 18.8. The molecule has 18 heteroatoms. The van der Waals surface area contributed by atoms with Crippen LogP contribution in [0, 0.1) is 0 Å². The van der Waals surface area contributed by atoms with Gasteiger partial charge in [0.15, 0.2) is 0 Å². The Morgan fingerprint density at radius 3 is 2.09 bits per heavy atom. The van der Waals surface area contributed by atoms with Crippen molar-refractivity contribution >= 4 is 28.6 Å². The van der Waals surface area contributed by atoms with Crippen LogP contribution in [0.25, 0.3) is 0 Å². The number of hydroxylamine groups is 4. The molecule has 3 atom stereocenters. The molecule has 0 unspecified atom stereocenters. The number of unbranched alkanes of at least 4 members (excludes halogenated alkanes) is 3. The van der Waals surface area contributed by atoms with E-state index in [1.54, 1.807) is 51.5 Å². The number of hydrogen-bond donors (Lipinski definition) is 0. The lowest BCUT2D eigenvalue weighted by Gasteiger charge is -2.43. The fourth-order valence-electron chi connectivity index (χ4n) is 7.85. The van der Waals surface area contributed by atoms with Crippen molar-refractivity contribution in [2.24, 2.45) is 0 Å². The minimum atomic E-state index is -4.69. The molecule has 326 valence electrons. The Kier molecular flexibility index (Phi) is 16.1. The van der Waals surface area contributed by atoms with Gasteiger partial charge in [-0.1, -0.05) is 66.2 Å². The molecule has 3 aliphatic rings. The van der Waals surface area contributed by atoms with Crippen molar-refractivity contribution in [3.8, 4) is 0 Å². The molecule has 0 radical (unpaired) electrons. The maximum atomic E-state index is 13.8. The third kappa shape index (κ3) is 12.6. The van der Waals surface area contributed by atoms with Gasteiger partial charge in [-0.25, -0.2) is 14.4 Å². The van der Waals surface area contributed by atoms with Crippen LogP contribution >= 0.6 is 0 Å². The van der Waals surface area contributed by atoms with E-state index in [-0.39, 0.29) is 31.4 Å². The molecule has 3 fully saturated rings. The van der Waals surface area contributed by atoms with Crippen LogP contribution in [0.5, 0.6) is 0 Å². The van der Waals surface area contributed by atoms with Gasteiger partial charge in [-0.05, 0) is 86.5 Å². The van der Waals surface area contributed by atoms with E-state index in [9.17, 15) is 22.8 Å². The van der Waals surface area contributed by atoms with Crippen molar-refractivity contribution in [1.82, 2.24) is 35.0 Å². The van der Waals surface area contributed by atoms with Gasteiger partial charge >= 0.3 is 28.6 Å². The number of urea groups is 1. The molecule has 57 heavy (non-hydrogen) atoms. The number of fused-ring (bicyclic) bond motifs is 2. The number of ether oxygens (including phenoxy) is 2. The van der Waals surface area contributed by atoms with E-state index < -0.39 is 63.5 Å². The van der Waals surface area contributed by atoms with Crippen molar-refractivity contribution in [3.05, 3.63) is 11.8 Å². The maximum Gasteiger partial charge on any atom is 0.437 e. The summed E-state index contributed by atoms with van der Waals surface area (Å²) in [6.07, 6.45) is 8.91. The van der Waals surface area contributed by atoms with Crippen molar-refractivity contribution in [2.75, 3.05) is 26.2 Å². The molecule has 0 N–H and O–H groups in total. The Hall–Kier alpha value is -3.22. The molecule has 1 aromatic rings. The fourth-order valence-corrected chi connectivity index (χ4v) is 8.72. The third-order valence-corrected chi connectivity index (χ3v) is 11.3. The Morgan fingerprint density at radius 2 is 1.49 bits per heavy atom. The summed E-state index contributed by atoms with van der Waals surface area (Å²) in [5, 5.41) is 11.0. The number of nitrogens with zero attached hydrogens (tertiary/aromatic N) is 7. The zero-order valence-corrected chi connectivity index (χ0v) is 36.9. The van der Waals surface area contributed by atoms with Gasteiger partial charge in [-0.2, -0.15) is 22.8 Å². The van der Waals surface area contributed by atoms with E-state index in [0.717, 1.165) is 69.3 Å². The normalized spacial score (nSPS) is 20.5. The van der Waals surface area contributed by atoms with Crippen LogP contribution in [-0.4, -0.2) is 117 Å². The molecule has 3 aliphatic heterocycles. The first-order chi connectivity index (χ1) is 26.7. The maximum absolute atomic E-state index is 13.8. The van der Waals surface area contributed by atoms with Gasteiger partial charge in [0.1, 0.15) is 23.8 Å². The molecule has 0 aliphatic carbocycles. The Bertz CT molecular complexity index is 1590. The molecular weight excluding hydrogens is 759 g/mol. The number of rotatable bonds is 20. The highest BCUT2D eigenvalue weighted by atomic mass is 32.3. The van der Waals surface area contributed by atoms with Gasteiger partial charge in [0, 0.05) is 31.7 Å². The molecule has 0 aromatic carbocycles. The topological polar surface area (TPSA) is 177 Å². The van der Waals surface area contributed by atoms with E-state index in [1.165, 1.54) is 9.80 Å². The van der Waals surface area contributed by atoms with Crippen molar-refractivity contribution < 1.29 is 45.3 Å². The van der Waals surface area contributed by atoms with Crippen LogP contribution in [-0.2, 0) is 35.0 Å². The lowest BCUT2D eigenvalue weighted by molar-refractivity contribution is -0.172. The lowest BCUT2D eigenvalue weighted by Crippen LogP contribution is -2.51. The molecule has 0 saturated carbocycles. The summed E-state index contributed by atoms with van der Waals surface area (Å²) in [5.74, 6) is 0.281. The van der Waals surface area contributed by atoms with E-state index in [4.69, 9.17) is 22.5 Å². The predicted octanol–water partition coefficient (Wildman–Crippen LogP) is 7.89. The second kappa shape index (κ2) is 19.7. The van der Waals surface area contributed by atoms with Crippen LogP contribution in [0.15, 0.2) is 4.42 Å². The van der Waals surface area contributed by atoms with Gasteiger partial charge in [-0.15, -0.1) is 14.5 Å². The largest absolute Gasteiger partial charge is 0.444 e. The summed E-state index contributed by atoms with van der Waals surface area (Å²) in [4.78, 5) is 44.7. The highest BCUT2D eigenvalue weighted by Gasteiger charge is 2.50. The molecule has 1 aromatic heterocycles. The Balaban J connectivity index is 1.48. The van der Waals surface area contributed by atoms with E-state index in [0.29, 0.717) is 32.4 Å². The first-order valence-electron chi connectivity index (χ1n) is 21.1. The zero-order valence-electron chi connectivity index (χ0n) is 36.1. The number of piperidine rings is 1. The monoisotopic (exact) mass is 827 g/mol. The smallest absolute Gasteiger partial charge is 0.437 e. The minimum Gasteiger partial charge on any atom is -0.444 e. The number of aromatic nitrogens is 2. The molecule has 17 nitrogen and oxygen atoms in total. The molecule has 3 saturated heterocycles. The minimum absolute atomic E-state index is 0.0899. The fraction of sp³-hybridized carbons (Fsp3) is 0.872. The van der Waals surface area contributed by atoms with Gasteiger partial charge in [0.2, 0.25) is 11.8 Å². The predicted molar refractivity (Wildman–Crippen MR) is 211 cm³/mol. The summed E-state index contributed by atoms with van der Waals surface area (Å²) in [6.45, 7) is 20.3. The first kappa shape index (κ1) is 46.5. The van der Waals surface area contributed by atoms with Gasteiger partial charge < -0.3 is 23.7 Å². The molecular formula is C39H69N7O10S. The molecule has 0 spiro atoms. The number of amides is 4. The Morgan fingerprint density at radius 1 is 0.842 bits per heavy atom. The lowest BCUT2D eigenvalue weighted by atomic mass is 9.82. The molecule has 4 heterocycles. The number of carbonyl (C=O) groups excluding carboxylic acids is 3. The third-order valence-electron chi connectivity index (χ3n) is 10.6. The molecule has 2 bridgehead atoms. The van der Waals surface area contributed by atoms with Gasteiger partial charge in [-0.3, -0.25) is 4.90 Å². The van der Waals surface area contributed by atoms with Gasteiger partial charge in [0.25, 0.3) is 0 Å². The van der Waals surface area contributed by atoms with Gasteiger partial charge in [0.05, 0.1) is 12.1 Å². The highest BCUT2D eigenvalue weighted by Crippen LogP contribution is 2.40. The number of carbonyl (C=O) groups is 3. The summed E-state index contributed by atoms with van der Waals surface area (Å²) in [6, 6.07) is -2.22. The summed E-state index contributed by atoms with van der Waals surface area (Å²) in [5.41, 5.74) is -1.92. The molecule has 4 amide bonds. The van der Waals surface area contributed by atoms with E-state index in [2.05, 4.69) is 37.9 Å². The standard InChI is InChI=1S/C39H69N7O10S/c1-11-15-22-39(21-14-4,23-16-12-2)45(24-17-13-3)55-57(50,51)56-46-30-18-19-31(44(27-30)34(46)47)33-41-40-32(52-33)28-43(36(49)54-38(8,9)10)29-20-25-42(26-29)35(48)53-37(5,6)7/h29-31H,11-28H2,1-10H3/t29-,30+,31+/m1/s1. The van der Waals surface area contributed by atoms with Crippen LogP contribution in [0.4, 0.5) is 14.4 Å². The number of hydrogen-bond acceptors (Lipinski definition) is 13. The average molecular weight is 828 g/mol. The SMILES string of the molecule is CCCCN(OS(=O)(=O)ON1C(=O)N2C[C@@H]1CC[C@H]2c1nnc(CN(C(=O)OC(C)(C)C)[C@@H]2CCN(C(=O)OC(C)(C)C)C2)o1)C(CCC)(CCCC)CCCC. The van der Waals surface area contributed by atoms with E-state index >= 15 is 0 Å². The summed E-state index contributed by atoms with van der Waals surface area (Å²) in [7, 11) is -4.69. The Labute approximate surface area is 340 Å². The van der Waals surface area contributed by atoms with Crippen LogP contribution < -0.4 is 0 Å². The highest BCUT2D eigenvalue weighted by molar-refractivity contribution is 7.81. The first-order valence-corrected chi connectivity index (χ1v) is 22.4. The van der Waals surface area contributed by atoms with Crippen molar-refractivity contribution in [1.29, 1.82) is 0 Å². The van der Waals surface area contributed by atoms with Crippen LogP contribution in [0.2, 0.25) is 0 Å². The number of likely N-dealkylation sites (tertiary alicyclic amines) is 1. The summed E-state index contributed by atoms with van der Waals surface area (Å²) >= 11 is 0. The van der Waals surface area contributed by atoms with Crippen LogP contribution in [0.3, 0.4) is 0 Å². The zero-order chi connectivity index (χ0) is 42.2. The summed E-state index contributed by atoms with van der Waals surface area (Å²) < 4.78 is 56.2. The van der Waals surface area contributed by atoms with E-state index in [1.807, 2.05) is 0 Å². The quantitative estimate of drug-likeness (QED) is 0.116. The second-order valence-electron chi connectivity index (χ2n) is 17.7. The average Bonchev–Trinajstić information content (AvgIpc) is 3.85.